The molecule has 1 aliphatic rings. The number of carbonyl (C=O) groups excluding carboxylic acids is 1. The van der Waals surface area contributed by atoms with Gasteiger partial charge in [0, 0.05) is 31.2 Å². The van der Waals surface area contributed by atoms with E-state index in [1.807, 2.05) is 31.2 Å². The maximum absolute atomic E-state index is 12.7. The molecule has 2 aromatic carbocycles. The van der Waals surface area contributed by atoms with Crippen molar-refractivity contribution < 1.29 is 17.9 Å². The molecule has 28 heavy (non-hydrogen) atoms. The first kappa shape index (κ1) is 20.6. The molecule has 0 unspecified atom stereocenters. The number of halogens is 1. The van der Waals surface area contributed by atoms with Crippen molar-refractivity contribution in [3.05, 3.63) is 59.1 Å². The molecule has 1 aliphatic heterocycles. The van der Waals surface area contributed by atoms with E-state index in [4.69, 9.17) is 16.3 Å². The highest BCUT2D eigenvalue weighted by atomic mass is 35.5. The molecule has 0 aromatic heterocycles. The molecule has 0 N–H and O–H groups in total. The molecule has 3 rings (SSSR count). The molecule has 1 amide bonds. The first-order valence-corrected chi connectivity index (χ1v) is 11.0. The SMILES string of the molecule is CCc1ccccc1OCC(=O)N1CCN(S(=O)(=O)c2ccc(Cl)cc2)CC1. The third-order valence-electron chi connectivity index (χ3n) is 4.75. The number of sulfonamides is 1. The summed E-state index contributed by atoms with van der Waals surface area (Å²) < 4.78 is 32.5. The number of benzene rings is 2. The third-order valence-corrected chi connectivity index (χ3v) is 6.91. The molecular formula is C20H23ClN2O4S. The predicted molar refractivity (Wildman–Crippen MR) is 108 cm³/mol. The molecule has 0 atom stereocenters. The molecule has 6 nitrogen and oxygen atoms in total. The van der Waals surface area contributed by atoms with Gasteiger partial charge >= 0.3 is 0 Å². The monoisotopic (exact) mass is 422 g/mol. The Morgan fingerprint density at radius 2 is 1.68 bits per heavy atom. The number of para-hydroxylation sites is 1. The van der Waals surface area contributed by atoms with E-state index in [9.17, 15) is 13.2 Å². The van der Waals surface area contributed by atoms with Gasteiger partial charge in [-0.15, -0.1) is 0 Å². The maximum Gasteiger partial charge on any atom is 0.260 e. The molecule has 150 valence electrons. The minimum atomic E-state index is -3.59. The Balaban J connectivity index is 1.56. The lowest BCUT2D eigenvalue weighted by atomic mass is 10.1. The van der Waals surface area contributed by atoms with E-state index in [0.717, 1.165) is 12.0 Å². The Morgan fingerprint density at radius 1 is 1.04 bits per heavy atom. The fourth-order valence-corrected chi connectivity index (χ4v) is 4.65. The number of ether oxygens (including phenoxy) is 1. The second-order valence-corrected chi connectivity index (χ2v) is 8.86. The Morgan fingerprint density at radius 3 is 2.32 bits per heavy atom. The van der Waals surface area contributed by atoms with E-state index in [1.165, 1.54) is 16.4 Å². The van der Waals surface area contributed by atoms with Crippen LogP contribution in [0.2, 0.25) is 5.02 Å². The van der Waals surface area contributed by atoms with Crippen LogP contribution in [-0.4, -0.2) is 56.3 Å². The van der Waals surface area contributed by atoms with Gasteiger partial charge < -0.3 is 9.64 Å². The summed E-state index contributed by atoms with van der Waals surface area (Å²) in [6.45, 7) is 3.16. The van der Waals surface area contributed by atoms with Crippen molar-refractivity contribution in [2.24, 2.45) is 0 Å². The molecule has 2 aromatic rings. The zero-order chi connectivity index (χ0) is 20.1. The van der Waals surface area contributed by atoms with Gasteiger partial charge in [0.05, 0.1) is 4.90 Å². The number of hydrogen-bond acceptors (Lipinski definition) is 4. The van der Waals surface area contributed by atoms with Crippen LogP contribution in [0.4, 0.5) is 0 Å². The standard InChI is InChI=1S/C20H23ClN2O4S/c1-2-16-5-3-4-6-19(16)27-15-20(24)22-11-13-23(14-12-22)28(25,26)18-9-7-17(21)8-10-18/h3-10H,2,11-15H2,1H3. The summed E-state index contributed by atoms with van der Waals surface area (Å²) in [5.74, 6) is 0.566. The number of amides is 1. The van der Waals surface area contributed by atoms with E-state index >= 15 is 0 Å². The van der Waals surface area contributed by atoms with Crippen molar-refractivity contribution in [2.45, 2.75) is 18.2 Å². The summed E-state index contributed by atoms with van der Waals surface area (Å²) >= 11 is 5.83. The highest BCUT2D eigenvalue weighted by molar-refractivity contribution is 7.89. The van der Waals surface area contributed by atoms with Crippen molar-refractivity contribution in [1.82, 2.24) is 9.21 Å². The molecule has 0 bridgehead atoms. The van der Waals surface area contributed by atoms with E-state index in [1.54, 1.807) is 17.0 Å². The molecule has 0 radical (unpaired) electrons. The van der Waals surface area contributed by atoms with Crippen LogP contribution < -0.4 is 4.74 Å². The predicted octanol–water partition coefficient (Wildman–Crippen LogP) is 2.81. The lowest BCUT2D eigenvalue weighted by molar-refractivity contribution is -0.134. The second-order valence-electron chi connectivity index (χ2n) is 6.49. The van der Waals surface area contributed by atoms with Gasteiger partial charge in [0.25, 0.3) is 5.91 Å². The van der Waals surface area contributed by atoms with Gasteiger partial charge in [0.2, 0.25) is 10.0 Å². The zero-order valence-corrected chi connectivity index (χ0v) is 17.2. The normalized spacial score (nSPS) is 15.4. The van der Waals surface area contributed by atoms with Crippen LogP contribution in [0.15, 0.2) is 53.4 Å². The van der Waals surface area contributed by atoms with Crippen molar-refractivity contribution in [3.63, 3.8) is 0 Å². The lowest BCUT2D eigenvalue weighted by Crippen LogP contribution is -2.51. The Kier molecular flexibility index (Phi) is 6.59. The van der Waals surface area contributed by atoms with Crippen LogP contribution in [0.5, 0.6) is 5.75 Å². The Labute approximate surface area is 170 Å². The van der Waals surface area contributed by atoms with Crippen LogP contribution in [0.3, 0.4) is 0 Å². The number of piperazine rings is 1. The van der Waals surface area contributed by atoms with E-state index in [0.29, 0.717) is 23.9 Å². The first-order valence-electron chi connectivity index (χ1n) is 9.16. The van der Waals surface area contributed by atoms with Gasteiger partial charge in [-0.25, -0.2) is 8.42 Å². The number of rotatable bonds is 6. The van der Waals surface area contributed by atoms with Crippen LogP contribution in [0.1, 0.15) is 12.5 Å². The summed E-state index contributed by atoms with van der Waals surface area (Å²) in [5, 5.41) is 0.485. The van der Waals surface area contributed by atoms with Gasteiger partial charge in [0.1, 0.15) is 5.75 Å². The lowest BCUT2D eigenvalue weighted by Gasteiger charge is -2.34. The van der Waals surface area contributed by atoms with E-state index < -0.39 is 10.0 Å². The molecule has 1 saturated heterocycles. The molecule has 0 aliphatic carbocycles. The van der Waals surface area contributed by atoms with E-state index in [-0.39, 0.29) is 30.5 Å². The van der Waals surface area contributed by atoms with Gasteiger partial charge in [-0.1, -0.05) is 36.7 Å². The average molecular weight is 423 g/mol. The summed E-state index contributed by atoms with van der Waals surface area (Å²) in [6.07, 6.45) is 0.825. The third kappa shape index (κ3) is 4.66. The summed E-state index contributed by atoms with van der Waals surface area (Å²) in [6, 6.07) is 13.7. The summed E-state index contributed by atoms with van der Waals surface area (Å²) in [4.78, 5) is 14.3. The molecule has 0 spiro atoms. The topological polar surface area (TPSA) is 66.9 Å². The van der Waals surface area contributed by atoms with Crippen molar-refractivity contribution >= 4 is 27.5 Å². The number of carbonyl (C=O) groups is 1. The van der Waals surface area contributed by atoms with Crippen LogP contribution in [0, 0.1) is 0 Å². The summed E-state index contributed by atoms with van der Waals surface area (Å²) in [5.41, 5.74) is 1.05. The molecule has 1 fully saturated rings. The second kappa shape index (κ2) is 8.94. The van der Waals surface area contributed by atoms with Crippen LogP contribution in [0.25, 0.3) is 0 Å². The van der Waals surface area contributed by atoms with Crippen LogP contribution >= 0.6 is 11.6 Å². The smallest absolute Gasteiger partial charge is 0.260 e. The zero-order valence-electron chi connectivity index (χ0n) is 15.7. The van der Waals surface area contributed by atoms with Crippen LogP contribution in [-0.2, 0) is 21.2 Å². The maximum atomic E-state index is 12.7. The molecule has 8 heteroatoms. The van der Waals surface area contributed by atoms with Gasteiger partial charge in [0.15, 0.2) is 6.61 Å². The molecule has 1 heterocycles. The van der Waals surface area contributed by atoms with Gasteiger partial charge in [-0.3, -0.25) is 4.79 Å². The Bertz CT molecular complexity index is 923. The molecular weight excluding hydrogens is 400 g/mol. The average Bonchev–Trinajstić information content (AvgIpc) is 2.72. The van der Waals surface area contributed by atoms with Gasteiger partial charge in [-0.05, 0) is 42.3 Å². The van der Waals surface area contributed by atoms with Crippen molar-refractivity contribution in [1.29, 1.82) is 0 Å². The Hall–Kier alpha value is -2.09. The highest BCUT2D eigenvalue weighted by Gasteiger charge is 2.30. The quantitative estimate of drug-likeness (QED) is 0.717. The fourth-order valence-electron chi connectivity index (χ4n) is 3.10. The fraction of sp³-hybridized carbons (Fsp3) is 0.350. The van der Waals surface area contributed by atoms with Crippen molar-refractivity contribution in [3.8, 4) is 5.75 Å². The number of nitrogens with zero attached hydrogens (tertiary/aromatic N) is 2. The molecule has 0 saturated carbocycles. The van der Waals surface area contributed by atoms with Crippen molar-refractivity contribution in [2.75, 3.05) is 32.8 Å². The van der Waals surface area contributed by atoms with Gasteiger partial charge in [-0.2, -0.15) is 4.31 Å². The largest absolute Gasteiger partial charge is 0.483 e. The number of aryl methyl sites for hydroxylation is 1. The summed E-state index contributed by atoms with van der Waals surface area (Å²) in [7, 11) is -3.59. The first-order chi connectivity index (χ1) is 13.4. The van der Waals surface area contributed by atoms with E-state index in [2.05, 4.69) is 0 Å². The number of hydrogen-bond donors (Lipinski definition) is 0. The minimum Gasteiger partial charge on any atom is -0.483 e. The minimum absolute atomic E-state index is 0.0546. The highest BCUT2D eigenvalue weighted by Crippen LogP contribution is 2.21.